The highest BCUT2D eigenvalue weighted by Gasteiger charge is 2.04. The summed E-state index contributed by atoms with van der Waals surface area (Å²) < 4.78 is 14.2. The Bertz CT molecular complexity index is 81.4. The highest BCUT2D eigenvalue weighted by atomic mass is 28.3. The van der Waals surface area contributed by atoms with Crippen LogP contribution in [0, 0.1) is 11.8 Å². The van der Waals surface area contributed by atoms with Gasteiger partial charge < -0.3 is 13.3 Å². The molecule has 0 aromatic heterocycles. The largest absolute Gasteiger partial charge is 0.483 e. The molecule has 0 spiro atoms. The van der Waals surface area contributed by atoms with Crippen LogP contribution in [-0.2, 0) is 13.3 Å². The van der Waals surface area contributed by atoms with E-state index in [9.17, 15) is 0 Å². The Balaban J connectivity index is 0. The molecule has 4 heteroatoms. The van der Waals surface area contributed by atoms with E-state index in [2.05, 4.69) is 27.7 Å². The first-order valence-corrected chi connectivity index (χ1v) is 5.99. The molecule has 0 N–H and O–H groups in total. The SMILES string of the molecule is CC(C)C(C)C.CO[SiH](OC)OC. The molecule has 82 valence electrons. The fourth-order valence-corrected chi connectivity index (χ4v) is 0.866. The molecule has 0 bridgehead atoms. The van der Waals surface area contributed by atoms with E-state index in [4.69, 9.17) is 13.3 Å². The topological polar surface area (TPSA) is 27.7 Å². The summed E-state index contributed by atoms with van der Waals surface area (Å²) in [6.45, 7) is 8.96. The van der Waals surface area contributed by atoms with Crippen molar-refractivity contribution in [2.45, 2.75) is 27.7 Å². The van der Waals surface area contributed by atoms with Gasteiger partial charge in [-0.05, 0) is 11.8 Å². The Labute approximate surface area is 84.4 Å². The van der Waals surface area contributed by atoms with Crippen molar-refractivity contribution in [3.05, 3.63) is 0 Å². The molecular weight excluding hydrogens is 184 g/mol. The Morgan fingerprint density at radius 1 is 0.692 bits per heavy atom. The standard InChI is InChI=1S/C6H14.C3H10O3Si/c1-5(2)6(3)4;1-4-7(5-2)6-3/h5-6H,1-4H3;7H,1-3H3. The summed E-state index contributed by atoms with van der Waals surface area (Å²) in [6.07, 6.45) is 0. The first-order chi connectivity index (χ1) is 5.99. The van der Waals surface area contributed by atoms with Crippen LogP contribution in [0.5, 0.6) is 0 Å². The fraction of sp³-hybridized carbons (Fsp3) is 1.00. The van der Waals surface area contributed by atoms with Gasteiger partial charge in [0.2, 0.25) is 0 Å². The second-order valence-corrected chi connectivity index (χ2v) is 5.48. The second-order valence-electron chi connectivity index (χ2n) is 3.48. The lowest BCUT2D eigenvalue weighted by atomic mass is 10.0. The van der Waals surface area contributed by atoms with E-state index in [1.807, 2.05) is 0 Å². The lowest BCUT2D eigenvalue weighted by molar-refractivity contribution is 0.163. The van der Waals surface area contributed by atoms with E-state index in [0.29, 0.717) is 0 Å². The Hall–Kier alpha value is 0.0969. The average molecular weight is 208 g/mol. The fourth-order valence-electron chi connectivity index (χ4n) is 0.289. The van der Waals surface area contributed by atoms with Crippen molar-refractivity contribution in [2.75, 3.05) is 21.3 Å². The average Bonchev–Trinajstić information content (AvgIpc) is 2.08. The maximum absolute atomic E-state index is 4.74. The predicted molar refractivity (Wildman–Crippen MR) is 57.9 cm³/mol. The zero-order chi connectivity index (χ0) is 10.9. The maximum atomic E-state index is 4.74. The highest BCUT2D eigenvalue weighted by Crippen LogP contribution is 2.05. The van der Waals surface area contributed by atoms with Crippen molar-refractivity contribution >= 4 is 9.53 Å². The van der Waals surface area contributed by atoms with Gasteiger partial charge in [0, 0.05) is 21.3 Å². The van der Waals surface area contributed by atoms with Gasteiger partial charge in [0.05, 0.1) is 0 Å². The molecule has 0 radical (unpaired) electrons. The molecule has 0 aliphatic carbocycles. The van der Waals surface area contributed by atoms with Crippen LogP contribution in [0.1, 0.15) is 27.7 Å². The molecule has 0 rings (SSSR count). The van der Waals surface area contributed by atoms with Gasteiger partial charge >= 0.3 is 9.53 Å². The molecule has 0 atom stereocenters. The summed E-state index contributed by atoms with van der Waals surface area (Å²) >= 11 is 0. The van der Waals surface area contributed by atoms with Gasteiger partial charge in [0.1, 0.15) is 0 Å². The third kappa shape index (κ3) is 12.1. The van der Waals surface area contributed by atoms with Crippen LogP contribution in [0.25, 0.3) is 0 Å². The van der Waals surface area contributed by atoms with E-state index < -0.39 is 9.53 Å². The molecule has 0 aliphatic heterocycles. The van der Waals surface area contributed by atoms with Gasteiger partial charge in [-0.3, -0.25) is 0 Å². The van der Waals surface area contributed by atoms with Gasteiger partial charge in [-0.25, -0.2) is 0 Å². The monoisotopic (exact) mass is 208 g/mol. The van der Waals surface area contributed by atoms with Gasteiger partial charge in [0.25, 0.3) is 0 Å². The first kappa shape index (κ1) is 15.6. The predicted octanol–water partition coefficient (Wildman–Crippen LogP) is 1.94. The van der Waals surface area contributed by atoms with Crippen LogP contribution in [0.4, 0.5) is 0 Å². The summed E-state index contributed by atoms with van der Waals surface area (Å²) in [5.41, 5.74) is 0. The lowest BCUT2D eigenvalue weighted by Crippen LogP contribution is -2.21. The van der Waals surface area contributed by atoms with Crippen molar-refractivity contribution in [3.63, 3.8) is 0 Å². The van der Waals surface area contributed by atoms with Gasteiger partial charge in [-0.15, -0.1) is 0 Å². The molecule has 0 saturated carbocycles. The first-order valence-electron chi connectivity index (χ1n) is 4.57. The van der Waals surface area contributed by atoms with Crippen molar-refractivity contribution in [3.8, 4) is 0 Å². The van der Waals surface area contributed by atoms with E-state index in [0.717, 1.165) is 11.8 Å². The zero-order valence-corrected chi connectivity index (χ0v) is 11.1. The normalized spacial score (nSPS) is 10.6. The van der Waals surface area contributed by atoms with Gasteiger partial charge in [0.15, 0.2) is 0 Å². The van der Waals surface area contributed by atoms with Gasteiger partial charge in [-0.1, -0.05) is 27.7 Å². The number of hydrogen-bond acceptors (Lipinski definition) is 3. The molecule has 0 aromatic rings. The van der Waals surface area contributed by atoms with Gasteiger partial charge in [-0.2, -0.15) is 0 Å². The highest BCUT2D eigenvalue weighted by molar-refractivity contribution is 6.36. The molecule has 0 saturated heterocycles. The number of rotatable bonds is 4. The van der Waals surface area contributed by atoms with Crippen LogP contribution in [0.3, 0.4) is 0 Å². The van der Waals surface area contributed by atoms with Crippen LogP contribution >= 0.6 is 0 Å². The molecular formula is C9H24O3Si. The molecule has 0 unspecified atom stereocenters. The van der Waals surface area contributed by atoms with E-state index >= 15 is 0 Å². The Morgan fingerprint density at radius 3 is 0.923 bits per heavy atom. The molecule has 0 amide bonds. The summed E-state index contributed by atoms with van der Waals surface area (Å²) in [6, 6.07) is 0. The minimum absolute atomic E-state index is 0.852. The molecule has 0 fully saturated rings. The quantitative estimate of drug-likeness (QED) is 0.661. The van der Waals surface area contributed by atoms with Crippen LogP contribution in [0.15, 0.2) is 0 Å². The molecule has 0 aliphatic rings. The third-order valence-electron chi connectivity index (χ3n) is 1.91. The number of hydrogen-bond donors (Lipinski definition) is 0. The Kier molecular flexibility index (Phi) is 12.2. The zero-order valence-electron chi connectivity index (χ0n) is 9.96. The van der Waals surface area contributed by atoms with Crippen molar-refractivity contribution < 1.29 is 13.3 Å². The molecule has 0 aromatic carbocycles. The smallest absolute Gasteiger partial charge is 0.379 e. The van der Waals surface area contributed by atoms with Crippen LogP contribution < -0.4 is 0 Å². The van der Waals surface area contributed by atoms with E-state index in [-0.39, 0.29) is 0 Å². The van der Waals surface area contributed by atoms with Crippen LogP contribution in [-0.4, -0.2) is 30.9 Å². The van der Waals surface area contributed by atoms with Crippen molar-refractivity contribution in [1.82, 2.24) is 0 Å². The minimum Gasteiger partial charge on any atom is -0.379 e. The Morgan fingerprint density at radius 2 is 0.923 bits per heavy atom. The van der Waals surface area contributed by atoms with Crippen LogP contribution in [0.2, 0.25) is 0 Å². The summed E-state index contributed by atoms with van der Waals surface area (Å²) in [5.74, 6) is 1.70. The van der Waals surface area contributed by atoms with Crippen molar-refractivity contribution in [2.24, 2.45) is 11.8 Å². The summed E-state index contributed by atoms with van der Waals surface area (Å²) in [7, 11) is 3.05. The van der Waals surface area contributed by atoms with Crippen molar-refractivity contribution in [1.29, 1.82) is 0 Å². The molecule has 0 heterocycles. The molecule has 3 nitrogen and oxygen atoms in total. The minimum atomic E-state index is -1.67. The van der Waals surface area contributed by atoms with E-state index in [1.54, 1.807) is 21.3 Å². The van der Waals surface area contributed by atoms with E-state index in [1.165, 1.54) is 0 Å². The third-order valence-corrected chi connectivity index (χ3v) is 3.07. The summed E-state index contributed by atoms with van der Waals surface area (Å²) in [5, 5.41) is 0. The lowest BCUT2D eigenvalue weighted by Gasteiger charge is -2.05. The maximum Gasteiger partial charge on any atom is 0.483 e. The second kappa shape index (κ2) is 10.2. The molecule has 13 heavy (non-hydrogen) atoms. The summed E-state index contributed by atoms with van der Waals surface area (Å²) in [4.78, 5) is 0.